The maximum Gasteiger partial charge on any atom is 0.311 e. The summed E-state index contributed by atoms with van der Waals surface area (Å²) >= 11 is 1.53. The van der Waals surface area contributed by atoms with Gasteiger partial charge in [-0.3, -0.25) is 14.4 Å². The second kappa shape index (κ2) is 4.73. The molecule has 2 aliphatic rings. The van der Waals surface area contributed by atoms with E-state index in [1.165, 1.54) is 26.0 Å². The number of ether oxygens (including phenoxy) is 2. The minimum Gasteiger partial charge on any atom is -0.469 e. The fraction of sp³-hybridized carbons (Fsp3) is 0.800. The zero-order valence-electron chi connectivity index (χ0n) is 13.3. The maximum atomic E-state index is 12.5. The van der Waals surface area contributed by atoms with Crippen molar-refractivity contribution < 1.29 is 23.9 Å². The number of ketones is 1. The van der Waals surface area contributed by atoms with Crippen molar-refractivity contribution in [1.29, 1.82) is 0 Å². The second-order valence-electron chi connectivity index (χ2n) is 6.76. The molecule has 0 aromatic carbocycles. The van der Waals surface area contributed by atoms with Crippen LogP contribution in [0.25, 0.3) is 0 Å². The Balaban J connectivity index is 2.55. The zero-order chi connectivity index (χ0) is 16.2. The number of thioether (sulfide) groups is 1. The topological polar surface area (TPSA) is 69.7 Å². The molecule has 2 fully saturated rings. The third-order valence-electron chi connectivity index (χ3n) is 5.28. The first-order valence-corrected chi connectivity index (χ1v) is 7.92. The average Bonchev–Trinajstić information content (AvgIpc) is 2.87. The Kier molecular flexibility index (Phi) is 3.68. The molecule has 0 aromatic heterocycles. The first kappa shape index (κ1) is 16.3. The molecule has 1 spiro atoms. The van der Waals surface area contributed by atoms with Crippen LogP contribution in [0.15, 0.2) is 0 Å². The van der Waals surface area contributed by atoms with Crippen LogP contribution in [-0.2, 0) is 23.9 Å². The lowest BCUT2D eigenvalue weighted by atomic mass is 9.42. The van der Waals surface area contributed by atoms with E-state index in [1.807, 2.05) is 27.7 Å². The molecule has 0 aromatic rings. The molecule has 1 saturated carbocycles. The number of rotatable bonds is 2. The fourth-order valence-corrected chi connectivity index (χ4v) is 6.60. The summed E-state index contributed by atoms with van der Waals surface area (Å²) in [6.07, 6.45) is 0. The van der Waals surface area contributed by atoms with E-state index >= 15 is 0 Å². The molecule has 1 aliphatic heterocycles. The van der Waals surface area contributed by atoms with Crippen molar-refractivity contribution in [2.45, 2.75) is 32.4 Å². The molecule has 2 rings (SSSR count). The van der Waals surface area contributed by atoms with Crippen LogP contribution in [0.1, 0.15) is 27.7 Å². The Morgan fingerprint density at radius 1 is 1.05 bits per heavy atom. The van der Waals surface area contributed by atoms with Gasteiger partial charge in [-0.2, -0.15) is 11.8 Å². The van der Waals surface area contributed by atoms with Crippen LogP contribution < -0.4 is 0 Å². The summed E-state index contributed by atoms with van der Waals surface area (Å²) in [6, 6.07) is 0. The monoisotopic (exact) mass is 314 g/mol. The summed E-state index contributed by atoms with van der Waals surface area (Å²) in [5.74, 6) is -1.51. The Hall–Kier alpha value is -1.04. The van der Waals surface area contributed by atoms with Gasteiger partial charge >= 0.3 is 11.9 Å². The molecule has 21 heavy (non-hydrogen) atoms. The Labute approximate surface area is 129 Å². The lowest BCUT2D eigenvalue weighted by Crippen LogP contribution is -2.75. The molecule has 118 valence electrons. The fourth-order valence-electron chi connectivity index (χ4n) is 4.48. The molecule has 2 atom stereocenters. The summed E-state index contributed by atoms with van der Waals surface area (Å²) in [5.41, 5.74) is -1.36. The van der Waals surface area contributed by atoms with Crippen molar-refractivity contribution in [2.24, 2.45) is 22.7 Å². The highest BCUT2D eigenvalue weighted by atomic mass is 32.2. The quantitative estimate of drug-likeness (QED) is 0.722. The number of carbonyl (C=O) groups is 3. The van der Waals surface area contributed by atoms with Gasteiger partial charge in [-0.1, -0.05) is 27.7 Å². The highest BCUT2D eigenvalue weighted by Gasteiger charge is 2.80. The predicted octanol–water partition coefficient (Wildman–Crippen LogP) is 1.69. The number of hydrogen-bond donors (Lipinski definition) is 0. The van der Waals surface area contributed by atoms with Crippen LogP contribution in [0, 0.1) is 22.7 Å². The van der Waals surface area contributed by atoms with Crippen molar-refractivity contribution in [1.82, 2.24) is 0 Å². The van der Waals surface area contributed by atoms with Gasteiger partial charge in [0, 0.05) is 16.6 Å². The first-order chi connectivity index (χ1) is 9.59. The van der Waals surface area contributed by atoms with Crippen molar-refractivity contribution in [2.75, 3.05) is 20.0 Å². The van der Waals surface area contributed by atoms with E-state index in [4.69, 9.17) is 9.47 Å². The largest absolute Gasteiger partial charge is 0.469 e. The van der Waals surface area contributed by atoms with Crippen molar-refractivity contribution in [3.63, 3.8) is 0 Å². The van der Waals surface area contributed by atoms with E-state index in [2.05, 4.69) is 0 Å². The summed E-state index contributed by atoms with van der Waals surface area (Å²) in [6.45, 7) is 7.40. The summed E-state index contributed by atoms with van der Waals surface area (Å²) < 4.78 is 9.14. The van der Waals surface area contributed by atoms with Crippen LogP contribution in [0.2, 0.25) is 0 Å². The normalized spacial score (nSPS) is 31.6. The van der Waals surface area contributed by atoms with Gasteiger partial charge in [0.2, 0.25) is 0 Å². The van der Waals surface area contributed by atoms with Gasteiger partial charge in [-0.15, -0.1) is 0 Å². The molecular formula is C15H22O5S. The van der Waals surface area contributed by atoms with E-state index in [1.54, 1.807) is 0 Å². The summed E-state index contributed by atoms with van der Waals surface area (Å²) in [5, 5.41) is 0. The molecule has 5 nitrogen and oxygen atoms in total. The predicted molar refractivity (Wildman–Crippen MR) is 78.8 cm³/mol. The molecule has 6 heteroatoms. The molecule has 0 radical (unpaired) electrons. The zero-order valence-corrected chi connectivity index (χ0v) is 14.1. The lowest BCUT2D eigenvalue weighted by molar-refractivity contribution is -0.177. The number of esters is 2. The van der Waals surface area contributed by atoms with Crippen LogP contribution in [0.4, 0.5) is 0 Å². The molecule has 1 heterocycles. The first-order valence-electron chi connectivity index (χ1n) is 6.94. The molecule has 0 amide bonds. The summed E-state index contributed by atoms with van der Waals surface area (Å²) in [4.78, 5) is 36.9. The minimum absolute atomic E-state index is 0.113. The van der Waals surface area contributed by atoms with Gasteiger partial charge in [0.15, 0.2) is 0 Å². The number of carbonyl (C=O) groups excluding carboxylic acids is 3. The molecule has 0 unspecified atom stereocenters. The highest BCUT2D eigenvalue weighted by Crippen LogP contribution is 2.72. The van der Waals surface area contributed by atoms with Gasteiger partial charge in [0.05, 0.1) is 30.8 Å². The molecular weight excluding hydrogens is 292 g/mol. The van der Waals surface area contributed by atoms with Crippen molar-refractivity contribution in [3.8, 4) is 0 Å². The van der Waals surface area contributed by atoms with Crippen LogP contribution in [-0.4, -0.2) is 42.4 Å². The van der Waals surface area contributed by atoms with Gasteiger partial charge in [0.25, 0.3) is 0 Å². The van der Waals surface area contributed by atoms with E-state index in [9.17, 15) is 14.4 Å². The SMILES string of the molecule is COC(=O)[C@H]1CSC2([C@H]1C(=O)OC)C(C)(C)C(=O)C2(C)C. The standard InChI is InChI=1S/C15H22O5S/c1-13(2)12(18)14(3,4)15(13)9(11(17)20-6)8(7-21-15)10(16)19-5/h8-9H,7H2,1-6H3/t8-,9+/m0/s1. The van der Waals surface area contributed by atoms with Gasteiger partial charge in [-0.25, -0.2) is 0 Å². The van der Waals surface area contributed by atoms with Gasteiger partial charge in [-0.05, 0) is 0 Å². The van der Waals surface area contributed by atoms with Gasteiger partial charge in [0.1, 0.15) is 5.78 Å². The molecule has 0 N–H and O–H groups in total. The third-order valence-corrected chi connectivity index (χ3v) is 7.54. The van der Waals surface area contributed by atoms with Crippen LogP contribution in [0.3, 0.4) is 0 Å². The van der Waals surface area contributed by atoms with Crippen molar-refractivity contribution in [3.05, 3.63) is 0 Å². The number of methoxy groups -OCH3 is 2. The molecule has 0 bridgehead atoms. The number of hydrogen-bond acceptors (Lipinski definition) is 6. The smallest absolute Gasteiger partial charge is 0.311 e. The number of Topliss-reactive ketones (excluding diaryl/α,β-unsaturated/α-hetero) is 1. The average molecular weight is 314 g/mol. The Bertz CT molecular complexity index is 490. The van der Waals surface area contributed by atoms with Crippen molar-refractivity contribution >= 4 is 29.5 Å². The maximum absolute atomic E-state index is 12.5. The van der Waals surface area contributed by atoms with Crippen LogP contribution in [0.5, 0.6) is 0 Å². The molecule has 1 aliphatic carbocycles. The minimum atomic E-state index is -0.678. The van der Waals surface area contributed by atoms with E-state index in [-0.39, 0.29) is 5.78 Å². The second-order valence-corrected chi connectivity index (χ2v) is 8.02. The third kappa shape index (κ3) is 1.68. The summed E-state index contributed by atoms with van der Waals surface area (Å²) in [7, 11) is 2.63. The Morgan fingerprint density at radius 3 is 1.95 bits per heavy atom. The van der Waals surface area contributed by atoms with E-state index < -0.39 is 39.4 Å². The lowest BCUT2D eigenvalue weighted by Gasteiger charge is -2.65. The van der Waals surface area contributed by atoms with Crippen LogP contribution >= 0.6 is 11.8 Å². The van der Waals surface area contributed by atoms with Gasteiger partial charge < -0.3 is 9.47 Å². The highest BCUT2D eigenvalue weighted by molar-refractivity contribution is 8.01. The Morgan fingerprint density at radius 2 is 1.52 bits per heavy atom. The van der Waals surface area contributed by atoms with E-state index in [0.29, 0.717) is 5.75 Å². The van der Waals surface area contributed by atoms with E-state index in [0.717, 1.165) is 0 Å². The molecule has 1 saturated heterocycles.